The van der Waals surface area contributed by atoms with E-state index in [4.69, 9.17) is 19.4 Å². The van der Waals surface area contributed by atoms with Crippen LogP contribution in [-0.2, 0) is 25.7 Å². The molecule has 2 saturated heterocycles. The molecule has 0 bridgehead atoms. The van der Waals surface area contributed by atoms with E-state index in [9.17, 15) is 14.4 Å². The summed E-state index contributed by atoms with van der Waals surface area (Å²) in [6.07, 6.45) is 6.60. The first kappa shape index (κ1) is 39.4. The average Bonchev–Trinajstić information content (AvgIpc) is 4.06. The number of aromatic amines is 2. The molecule has 6 unspecified atom stereocenters. The zero-order valence-electron chi connectivity index (χ0n) is 34.4. The zero-order valence-corrected chi connectivity index (χ0v) is 34.4. The highest BCUT2D eigenvalue weighted by Crippen LogP contribution is 2.44. The first-order valence-electron chi connectivity index (χ1n) is 20.8. The van der Waals surface area contributed by atoms with Gasteiger partial charge in [0, 0.05) is 42.5 Å². The van der Waals surface area contributed by atoms with E-state index in [1.165, 1.54) is 7.11 Å². The molecule has 306 valence electrons. The summed E-state index contributed by atoms with van der Waals surface area (Å²) in [5.74, 6) is 2.93. The first-order valence-corrected chi connectivity index (χ1v) is 20.8. The molecule has 3 aromatic carbocycles. The first-order chi connectivity index (χ1) is 28.1. The quantitative estimate of drug-likeness (QED) is 0.115. The molecule has 2 aromatic heterocycles. The van der Waals surface area contributed by atoms with Gasteiger partial charge in [-0.25, -0.2) is 14.8 Å². The van der Waals surface area contributed by atoms with Gasteiger partial charge in [0.2, 0.25) is 11.8 Å². The standard InChI is InChI=1S/C45H55N7O6/c1-7-9-31(25(3)8-2)44(54)52-26(4)10-15-37(52)43-48-35-14-12-28-18-34-32-13-11-29(17-30(32)24-58-39(34)19-33(28)41(35)50-43)36-20-46-42(49-36)38-16-27(23-56-5)22-51(38)40(53)21-47-45(55)57-6/h11-14,17-20,25-27,31,37-38H,7-10,15-16,21-24H2,1-6H3,(H,46,49)(H,47,55)(H,48,50). The topological polar surface area (TPSA) is 155 Å². The predicted octanol–water partition coefficient (Wildman–Crippen LogP) is 8.07. The maximum Gasteiger partial charge on any atom is 0.407 e. The SMILES string of the molecule is CCCC(C(=O)N1C(C)CCC1c1nc2c(ccc3cc4c(cc32)OCc2cc(-c3cnc(C5CC(COC)CN5C(=O)CNC(=O)OC)[nH]3)ccc2-4)[nH]1)C(C)CC. The lowest BCUT2D eigenvalue weighted by Gasteiger charge is -2.33. The molecule has 0 radical (unpaired) electrons. The molecular formula is C45H55N7O6. The van der Waals surface area contributed by atoms with Gasteiger partial charge in [-0.2, -0.15) is 0 Å². The Labute approximate surface area is 339 Å². The van der Waals surface area contributed by atoms with E-state index in [0.29, 0.717) is 37.9 Å². The molecule has 58 heavy (non-hydrogen) atoms. The van der Waals surface area contributed by atoms with E-state index in [1.807, 2.05) is 0 Å². The second-order valence-electron chi connectivity index (χ2n) is 16.4. The molecule has 5 heterocycles. The van der Waals surface area contributed by atoms with Crippen molar-refractivity contribution in [2.75, 3.05) is 33.9 Å². The number of nitrogens with zero attached hydrogens (tertiary/aromatic N) is 4. The van der Waals surface area contributed by atoms with Gasteiger partial charge in [-0.3, -0.25) is 9.59 Å². The lowest BCUT2D eigenvalue weighted by Crippen LogP contribution is -2.42. The smallest absolute Gasteiger partial charge is 0.407 e. The molecule has 6 atom stereocenters. The van der Waals surface area contributed by atoms with Crippen LogP contribution in [0.1, 0.15) is 95.5 Å². The van der Waals surface area contributed by atoms with Gasteiger partial charge < -0.3 is 39.3 Å². The number of aromatic nitrogens is 4. The number of nitrogens with one attached hydrogen (secondary N) is 3. The number of carbonyl (C=O) groups excluding carboxylic acids is 3. The highest BCUT2D eigenvalue weighted by atomic mass is 16.5. The van der Waals surface area contributed by atoms with Crippen molar-refractivity contribution in [3.8, 4) is 28.1 Å². The van der Waals surface area contributed by atoms with Crippen molar-refractivity contribution >= 4 is 39.7 Å². The monoisotopic (exact) mass is 789 g/mol. The van der Waals surface area contributed by atoms with E-state index in [-0.39, 0.29) is 48.3 Å². The third-order valence-corrected chi connectivity index (χ3v) is 12.8. The van der Waals surface area contributed by atoms with Crippen LogP contribution in [0.15, 0.2) is 48.7 Å². The second-order valence-corrected chi connectivity index (χ2v) is 16.4. The molecule has 5 aromatic rings. The third-order valence-electron chi connectivity index (χ3n) is 12.8. The fourth-order valence-electron chi connectivity index (χ4n) is 9.48. The molecule has 3 aliphatic rings. The predicted molar refractivity (Wildman–Crippen MR) is 222 cm³/mol. The number of H-pyrrole nitrogens is 2. The van der Waals surface area contributed by atoms with Gasteiger partial charge in [-0.1, -0.05) is 51.8 Å². The van der Waals surface area contributed by atoms with E-state index in [0.717, 1.165) is 93.4 Å². The number of rotatable bonds is 12. The Morgan fingerprint density at radius 1 is 1.02 bits per heavy atom. The number of imidazole rings is 2. The van der Waals surface area contributed by atoms with Gasteiger partial charge >= 0.3 is 6.09 Å². The normalized spacial score (nSPS) is 21.1. The number of alkyl carbamates (subject to hydrolysis) is 1. The summed E-state index contributed by atoms with van der Waals surface area (Å²) in [6.45, 7) is 10.0. The minimum Gasteiger partial charge on any atom is -0.488 e. The molecule has 13 nitrogen and oxygen atoms in total. The maximum atomic E-state index is 14.1. The fraction of sp³-hybridized carbons (Fsp3) is 0.489. The van der Waals surface area contributed by atoms with E-state index >= 15 is 0 Å². The molecule has 0 spiro atoms. The minimum atomic E-state index is -0.651. The lowest BCUT2D eigenvalue weighted by atomic mass is 9.86. The summed E-state index contributed by atoms with van der Waals surface area (Å²) >= 11 is 0. The average molecular weight is 790 g/mol. The number of amides is 3. The summed E-state index contributed by atoms with van der Waals surface area (Å²) in [7, 11) is 2.93. The molecule has 2 fully saturated rings. The Bertz CT molecular complexity index is 2330. The molecule has 0 aliphatic carbocycles. The Kier molecular flexibility index (Phi) is 11.2. The van der Waals surface area contributed by atoms with Gasteiger partial charge in [-0.05, 0) is 84.9 Å². The Morgan fingerprint density at radius 2 is 1.86 bits per heavy atom. The van der Waals surface area contributed by atoms with Crippen LogP contribution in [-0.4, -0.2) is 87.6 Å². The molecule has 3 aliphatic heterocycles. The number of fused-ring (bicyclic) bond motifs is 6. The largest absolute Gasteiger partial charge is 0.488 e. The molecular weight excluding hydrogens is 735 g/mol. The van der Waals surface area contributed by atoms with Crippen LogP contribution in [0.25, 0.3) is 44.2 Å². The van der Waals surface area contributed by atoms with Crippen molar-refractivity contribution in [3.63, 3.8) is 0 Å². The zero-order chi connectivity index (χ0) is 40.7. The number of carbonyl (C=O) groups is 3. The highest BCUT2D eigenvalue weighted by Gasteiger charge is 2.41. The van der Waals surface area contributed by atoms with Gasteiger partial charge in [0.15, 0.2) is 0 Å². The van der Waals surface area contributed by atoms with Crippen LogP contribution < -0.4 is 10.1 Å². The van der Waals surface area contributed by atoms with Gasteiger partial charge in [0.05, 0.1) is 48.7 Å². The molecule has 0 saturated carbocycles. The van der Waals surface area contributed by atoms with Crippen LogP contribution in [0.4, 0.5) is 4.79 Å². The van der Waals surface area contributed by atoms with Crippen LogP contribution in [0.3, 0.4) is 0 Å². The van der Waals surface area contributed by atoms with Gasteiger partial charge in [0.25, 0.3) is 0 Å². The summed E-state index contributed by atoms with van der Waals surface area (Å²) in [5.41, 5.74) is 6.86. The van der Waals surface area contributed by atoms with Crippen molar-refractivity contribution in [1.29, 1.82) is 0 Å². The molecule has 3 N–H and O–H groups in total. The molecule has 3 amide bonds. The number of hydrogen-bond donors (Lipinski definition) is 3. The highest BCUT2D eigenvalue weighted by molar-refractivity contribution is 6.07. The van der Waals surface area contributed by atoms with Crippen LogP contribution >= 0.6 is 0 Å². The maximum absolute atomic E-state index is 14.1. The number of ether oxygens (including phenoxy) is 3. The lowest BCUT2D eigenvalue weighted by molar-refractivity contribution is -0.140. The van der Waals surface area contributed by atoms with Gasteiger partial charge in [0.1, 0.15) is 30.5 Å². The minimum absolute atomic E-state index is 0.0290. The van der Waals surface area contributed by atoms with Crippen molar-refractivity contribution in [2.24, 2.45) is 17.8 Å². The second kappa shape index (κ2) is 16.4. The summed E-state index contributed by atoms with van der Waals surface area (Å²) in [6, 6.07) is 14.7. The van der Waals surface area contributed by atoms with Crippen molar-refractivity contribution in [2.45, 2.75) is 91.0 Å². The summed E-state index contributed by atoms with van der Waals surface area (Å²) in [4.78, 5) is 59.9. The van der Waals surface area contributed by atoms with Gasteiger partial charge in [-0.15, -0.1) is 0 Å². The number of methoxy groups -OCH3 is 2. The third kappa shape index (κ3) is 7.29. The fourth-order valence-corrected chi connectivity index (χ4v) is 9.48. The van der Waals surface area contributed by atoms with Crippen LogP contribution in [0.2, 0.25) is 0 Å². The number of benzene rings is 3. The Morgan fingerprint density at radius 3 is 2.64 bits per heavy atom. The van der Waals surface area contributed by atoms with Crippen LogP contribution in [0, 0.1) is 17.8 Å². The van der Waals surface area contributed by atoms with Crippen molar-refractivity contribution < 1.29 is 28.6 Å². The Hall–Kier alpha value is -5.43. The van der Waals surface area contributed by atoms with E-state index in [2.05, 4.69) is 95.1 Å². The summed E-state index contributed by atoms with van der Waals surface area (Å²) in [5, 5.41) is 4.59. The number of likely N-dealkylation sites (tertiary alicyclic amines) is 2. The molecule has 8 rings (SSSR count). The van der Waals surface area contributed by atoms with Crippen molar-refractivity contribution in [1.82, 2.24) is 35.1 Å². The molecule has 13 heteroatoms. The van der Waals surface area contributed by atoms with Crippen molar-refractivity contribution in [3.05, 3.63) is 65.9 Å². The Balaban J connectivity index is 1.05. The summed E-state index contributed by atoms with van der Waals surface area (Å²) < 4.78 is 16.5. The van der Waals surface area contributed by atoms with E-state index < -0.39 is 6.09 Å². The number of hydrogen-bond acceptors (Lipinski definition) is 8. The van der Waals surface area contributed by atoms with E-state index in [1.54, 1.807) is 18.2 Å². The van der Waals surface area contributed by atoms with Crippen LogP contribution in [0.5, 0.6) is 5.75 Å².